The van der Waals surface area contributed by atoms with Gasteiger partial charge in [-0.3, -0.25) is 20.3 Å². The summed E-state index contributed by atoms with van der Waals surface area (Å²) in [5, 5.41) is 17.2. The highest BCUT2D eigenvalue weighted by molar-refractivity contribution is 8.00. The van der Waals surface area contributed by atoms with E-state index in [0.717, 1.165) is 56.5 Å². The normalized spacial score (nSPS) is 36.0. The molecule has 1 spiro atoms. The highest BCUT2D eigenvalue weighted by atomic mass is 32.2. The van der Waals surface area contributed by atoms with Gasteiger partial charge in [0.1, 0.15) is 5.82 Å². The van der Waals surface area contributed by atoms with Gasteiger partial charge in [-0.25, -0.2) is 4.39 Å². The molecule has 1 aromatic carbocycles. The number of piperazine rings is 1. The van der Waals surface area contributed by atoms with Crippen LogP contribution in [-0.4, -0.2) is 95.8 Å². The summed E-state index contributed by atoms with van der Waals surface area (Å²) in [6.45, 7) is 7.44. The summed E-state index contributed by atoms with van der Waals surface area (Å²) in [7, 11) is 2.17. The van der Waals surface area contributed by atoms with Gasteiger partial charge in [0, 0.05) is 47.3 Å². The number of likely N-dealkylation sites (tertiary alicyclic amines) is 1. The van der Waals surface area contributed by atoms with E-state index in [1.807, 2.05) is 17.8 Å². The van der Waals surface area contributed by atoms with E-state index in [4.69, 9.17) is 4.74 Å². The smallest absolute Gasteiger partial charge is 0.246 e. The Morgan fingerprint density at radius 2 is 2.15 bits per heavy atom. The monoisotopic (exact) mass is 582 g/mol. The van der Waals surface area contributed by atoms with Gasteiger partial charge in [0.15, 0.2) is 6.35 Å². The number of hydrogen-bond donors (Lipinski definition) is 2. The van der Waals surface area contributed by atoms with Gasteiger partial charge in [-0.05, 0) is 82.3 Å². The zero-order valence-electron chi connectivity index (χ0n) is 24.1. The number of ether oxygens (including phenoxy) is 1. The van der Waals surface area contributed by atoms with E-state index in [-0.39, 0.29) is 41.1 Å². The van der Waals surface area contributed by atoms with Crippen LogP contribution >= 0.6 is 11.8 Å². The van der Waals surface area contributed by atoms with Crippen molar-refractivity contribution in [1.82, 2.24) is 25.3 Å². The maximum absolute atomic E-state index is 14.1. The molecule has 41 heavy (non-hydrogen) atoms. The molecule has 1 saturated carbocycles. The molecule has 6 unspecified atom stereocenters. The van der Waals surface area contributed by atoms with E-state index in [9.17, 15) is 14.4 Å². The summed E-state index contributed by atoms with van der Waals surface area (Å²) < 4.78 is 20.8. The van der Waals surface area contributed by atoms with Gasteiger partial charge < -0.3 is 14.5 Å². The minimum absolute atomic E-state index is 0.0883. The standard InChI is InChI=1S/C31H43FN6O2S/c1-3-28(39)38-16-15-37(19-23(38)10-13-33)29-25-9-12-31(11-8-21-6-7-22(32)17-27(21)41-31)18-26(25)34-30(35-29)40-20-24-5-4-14-36(24)2/h3,6-7,17,23-26,29-30,34-35H,1,4-5,8-12,14-16,18-20H2,2H3/t23?,24?,25?,26?,29?,30?,31-/m1/s1. The van der Waals surface area contributed by atoms with Crippen LogP contribution in [-0.2, 0) is 16.0 Å². The second-order valence-corrected chi connectivity index (χ2v) is 14.1. The molecule has 1 aromatic rings. The Morgan fingerprint density at radius 1 is 1.27 bits per heavy atom. The van der Waals surface area contributed by atoms with Crippen molar-refractivity contribution >= 4 is 17.7 Å². The zero-order valence-corrected chi connectivity index (χ0v) is 24.9. The predicted octanol–water partition coefficient (Wildman–Crippen LogP) is 3.30. The number of likely N-dealkylation sites (N-methyl/N-ethyl adjacent to an activating group) is 1. The van der Waals surface area contributed by atoms with Gasteiger partial charge in [-0.15, -0.1) is 11.8 Å². The summed E-state index contributed by atoms with van der Waals surface area (Å²) in [5.74, 6) is 0.107. The first-order valence-corrected chi connectivity index (χ1v) is 16.0. The van der Waals surface area contributed by atoms with Crippen LogP contribution in [0.3, 0.4) is 0 Å². The van der Waals surface area contributed by atoms with E-state index < -0.39 is 0 Å². The van der Waals surface area contributed by atoms with Crippen LogP contribution in [0.15, 0.2) is 35.7 Å². The molecule has 1 aliphatic carbocycles. The Labute approximate surface area is 247 Å². The van der Waals surface area contributed by atoms with Crippen molar-refractivity contribution < 1.29 is 13.9 Å². The number of halogens is 1. The maximum atomic E-state index is 14.1. The van der Waals surface area contributed by atoms with Gasteiger partial charge in [-0.2, -0.15) is 5.26 Å². The Kier molecular flexibility index (Phi) is 8.74. The summed E-state index contributed by atoms with van der Waals surface area (Å²) in [6.07, 6.45) is 9.09. The van der Waals surface area contributed by atoms with Crippen molar-refractivity contribution in [2.75, 3.05) is 39.8 Å². The lowest BCUT2D eigenvalue weighted by atomic mass is 9.73. The molecule has 4 heterocycles. The number of rotatable bonds is 6. The molecule has 6 rings (SSSR count). The fourth-order valence-electron chi connectivity index (χ4n) is 7.85. The Balaban J connectivity index is 1.21. The van der Waals surface area contributed by atoms with Crippen LogP contribution in [0.2, 0.25) is 0 Å². The Hall–Kier alpha value is -2.00. The Bertz CT molecular complexity index is 1180. The number of nitrogens with zero attached hydrogens (tertiary/aromatic N) is 4. The van der Waals surface area contributed by atoms with E-state index in [2.05, 4.69) is 40.1 Å². The first-order valence-electron chi connectivity index (χ1n) is 15.2. The average molecular weight is 583 g/mol. The molecular formula is C31H43FN6O2S. The molecule has 2 N–H and O–H groups in total. The minimum Gasteiger partial charge on any atom is -0.348 e. The number of nitrogens with one attached hydrogen (secondary N) is 2. The van der Waals surface area contributed by atoms with Crippen molar-refractivity contribution in [3.05, 3.63) is 42.2 Å². The number of thioether (sulfide) groups is 1. The highest BCUT2D eigenvalue weighted by Crippen LogP contribution is 2.53. The van der Waals surface area contributed by atoms with Crippen LogP contribution in [0.25, 0.3) is 0 Å². The van der Waals surface area contributed by atoms with Crippen molar-refractivity contribution in [3.8, 4) is 6.07 Å². The molecule has 222 valence electrons. The van der Waals surface area contributed by atoms with Gasteiger partial charge in [-0.1, -0.05) is 12.6 Å². The third kappa shape index (κ3) is 6.08. The molecule has 3 saturated heterocycles. The zero-order chi connectivity index (χ0) is 28.6. The highest BCUT2D eigenvalue weighted by Gasteiger charge is 2.50. The molecule has 0 radical (unpaired) electrons. The Morgan fingerprint density at radius 3 is 2.93 bits per heavy atom. The second kappa shape index (κ2) is 12.3. The molecule has 10 heteroatoms. The molecule has 0 bridgehead atoms. The molecule has 1 amide bonds. The van der Waals surface area contributed by atoms with E-state index in [1.165, 1.54) is 18.1 Å². The molecular weight excluding hydrogens is 539 g/mol. The lowest BCUT2D eigenvalue weighted by molar-refractivity contribution is -0.135. The summed E-state index contributed by atoms with van der Waals surface area (Å²) in [4.78, 5) is 20.3. The fourth-order valence-corrected chi connectivity index (χ4v) is 9.48. The molecule has 0 aromatic heterocycles. The fraction of sp³-hybridized carbons (Fsp3) is 0.677. The number of hydrogen-bond acceptors (Lipinski definition) is 8. The first-order chi connectivity index (χ1) is 19.9. The number of benzene rings is 1. The van der Waals surface area contributed by atoms with Crippen molar-refractivity contribution in [3.63, 3.8) is 0 Å². The molecule has 4 fully saturated rings. The van der Waals surface area contributed by atoms with Crippen LogP contribution in [0.1, 0.15) is 50.5 Å². The number of fused-ring (bicyclic) bond motifs is 2. The first kappa shape index (κ1) is 29.1. The third-order valence-electron chi connectivity index (χ3n) is 10.2. The predicted molar refractivity (Wildman–Crippen MR) is 157 cm³/mol. The SMILES string of the molecule is C=CC(=O)N1CCN(C2NC(OCC3CCCN3C)NC3C[C@@]4(CCc5ccc(F)cc5S4)CCC32)CC1CC#N. The van der Waals surface area contributed by atoms with Gasteiger partial charge >= 0.3 is 0 Å². The van der Waals surface area contributed by atoms with E-state index >= 15 is 0 Å². The van der Waals surface area contributed by atoms with Gasteiger partial charge in [0.2, 0.25) is 5.91 Å². The molecule has 4 aliphatic heterocycles. The quantitative estimate of drug-likeness (QED) is 0.495. The number of aryl methyl sites for hydroxylation is 1. The van der Waals surface area contributed by atoms with E-state index in [1.54, 1.807) is 17.0 Å². The summed E-state index contributed by atoms with van der Waals surface area (Å²) >= 11 is 1.88. The third-order valence-corrected chi connectivity index (χ3v) is 11.8. The van der Waals surface area contributed by atoms with E-state index in [0.29, 0.717) is 38.1 Å². The van der Waals surface area contributed by atoms with Crippen molar-refractivity contribution in [1.29, 1.82) is 5.26 Å². The van der Waals surface area contributed by atoms with Crippen molar-refractivity contribution in [2.24, 2.45) is 5.92 Å². The number of nitriles is 1. The largest absolute Gasteiger partial charge is 0.348 e. The van der Waals surface area contributed by atoms with Crippen molar-refractivity contribution in [2.45, 2.75) is 91.7 Å². The van der Waals surface area contributed by atoms with Gasteiger partial charge in [0.25, 0.3) is 0 Å². The maximum Gasteiger partial charge on any atom is 0.246 e. The number of amides is 1. The lowest BCUT2D eigenvalue weighted by Crippen LogP contribution is -2.72. The number of carbonyl (C=O) groups is 1. The minimum atomic E-state index is -0.272. The molecule has 7 atom stereocenters. The van der Waals surface area contributed by atoms with Gasteiger partial charge in [0.05, 0.1) is 31.3 Å². The summed E-state index contributed by atoms with van der Waals surface area (Å²) in [5.41, 5.74) is 1.26. The van der Waals surface area contributed by atoms with Crippen LogP contribution in [0.5, 0.6) is 0 Å². The lowest BCUT2D eigenvalue weighted by Gasteiger charge is -2.56. The topological polar surface area (TPSA) is 83.9 Å². The molecule has 5 aliphatic rings. The second-order valence-electron chi connectivity index (χ2n) is 12.6. The molecule has 8 nitrogen and oxygen atoms in total. The number of carbonyl (C=O) groups excluding carboxylic acids is 1. The van der Waals surface area contributed by atoms with Crippen LogP contribution in [0, 0.1) is 23.1 Å². The summed E-state index contributed by atoms with van der Waals surface area (Å²) in [6, 6.07) is 8.08. The van der Waals surface area contributed by atoms with Crippen LogP contribution < -0.4 is 10.6 Å². The average Bonchev–Trinajstić information content (AvgIpc) is 3.39. The van der Waals surface area contributed by atoms with Crippen LogP contribution in [0.4, 0.5) is 4.39 Å².